The number of rotatable bonds is 5. The van der Waals surface area contributed by atoms with Gasteiger partial charge in [0.05, 0.1) is 0 Å². The molecule has 1 N–H and O–H groups in total. The van der Waals surface area contributed by atoms with Gasteiger partial charge in [-0.1, -0.05) is 33.6 Å². The lowest BCUT2D eigenvalue weighted by atomic mass is 9.96. The molecule has 108 valence electrons. The molecule has 0 aromatic carbocycles. The monoisotopic (exact) mass is 282 g/mol. The zero-order valence-corrected chi connectivity index (χ0v) is 13.4. The number of hydrogen-bond donors (Lipinski definition) is 1. The zero-order chi connectivity index (χ0) is 13.9. The van der Waals surface area contributed by atoms with Gasteiger partial charge in [-0.25, -0.2) is 4.98 Å². The molecular formula is C14H26N4S. The second kappa shape index (κ2) is 6.18. The Balaban J connectivity index is 1.74. The third kappa shape index (κ3) is 4.14. The van der Waals surface area contributed by atoms with E-state index in [4.69, 9.17) is 0 Å². The summed E-state index contributed by atoms with van der Waals surface area (Å²) in [4.78, 5) is 7.03. The number of nitrogens with one attached hydrogen (secondary N) is 1. The fraction of sp³-hybridized carbons (Fsp3) is 0.857. The van der Waals surface area contributed by atoms with Crippen LogP contribution in [-0.2, 0) is 5.41 Å². The summed E-state index contributed by atoms with van der Waals surface area (Å²) in [6.45, 7) is 8.47. The van der Waals surface area contributed by atoms with Crippen LogP contribution < -0.4 is 5.32 Å². The topological polar surface area (TPSA) is 41.0 Å². The van der Waals surface area contributed by atoms with Crippen LogP contribution in [0.4, 0.5) is 5.13 Å². The first-order valence-electron chi connectivity index (χ1n) is 7.25. The van der Waals surface area contributed by atoms with Crippen LogP contribution in [0.5, 0.6) is 0 Å². The Morgan fingerprint density at radius 1 is 1.32 bits per heavy atom. The number of likely N-dealkylation sites (N-methyl/N-ethyl adjacent to an activating group) is 1. The van der Waals surface area contributed by atoms with Gasteiger partial charge in [0.25, 0.3) is 0 Å². The zero-order valence-electron chi connectivity index (χ0n) is 12.6. The Morgan fingerprint density at radius 2 is 2.00 bits per heavy atom. The second-order valence-electron chi connectivity index (χ2n) is 6.52. The van der Waals surface area contributed by atoms with Crippen molar-refractivity contribution in [2.24, 2.45) is 0 Å². The molecule has 0 amide bonds. The van der Waals surface area contributed by atoms with E-state index in [0.717, 1.165) is 30.1 Å². The van der Waals surface area contributed by atoms with E-state index in [9.17, 15) is 0 Å². The van der Waals surface area contributed by atoms with Crippen molar-refractivity contribution in [2.75, 3.05) is 25.5 Å². The van der Waals surface area contributed by atoms with Crippen molar-refractivity contribution in [3.63, 3.8) is 0 Å². The predicted molar refractivity (Wildman–Crippen MR) is 82.0 cm³/mol. The molecule has 1 aliphatic carbocycles. The summed E-state index contributed by atoms with van der Waals surface area (Å²) in [5.41, 5.74) is 0.0388. The number of aromatic nitrogens is 2. The smallest absolute Gasteiger partial charge is 0.202 e. The van der Waals surface area contributed by atoms with Gasteiger partial charge in [-0.3, -0.25) is 0 Å². The van der Waals surface area contributed by atoms with Gasteiger partial charge in [-0.05, 0) is 19.9 Å². The Hall–Kier alpha value is -0.680. The molecule has 0 unspecified atom stereocenters. The lowest BCUT2D eigenvalue weighted by Gasteiger charge is -2.23. The van der Waals surface area contributed by atoms with Gasteiger partial charge in [-0.15, -0.1) is 0 Å². The van der Waals surface area contributed by atoms with Crippen molar-refractivity contribution >= 4 is 16.7 Å². The second-order valence-corrected chi connectivity index (χ2v) is 7.27. The van der Waals surface area contributed by atoms with Gasteiger partial charge in [0.15, 0.2) is 0 Å². The maximum atomic E-state index is 4.55. The highest BCUT2D eigenvalue weighted by atomic mass is 32.1. The molecule has 1 aromatic heterocycles. The molecule has 1 saturated carbocycles. The van der Waals surface area contributed by atoms with Crippen molar-refractivity contribution in [1.29, 1.82) is 0 Å². The van der Waals surface area contributed by atoms with Crippen molar-refractivity contribution < 1.29 is 0 Å². The Bertz CT molecular complexity index is 390. The van der Waals surface area contributed by atoms with E-state index >= 15 is 0 Å². The molecule has 1 aromatic rings. The van der Waals surface area contributed by atoms with E-state index < -0.39 is 0 Å². The molecule has 0 aliphatic heterocycles. The molecule has 5 heteroatoms. The molecule has 2 rings (SSSR count). The third-order valence-corrected chi connectivity index (χ3v) is 4.46. The molecule has 0 saturated heterocycles. The summed E-state index contributed by atoms with van der Waals surface area (Å²) >= 11 is 1.47. The minimum absolute atomic E-state index is 0.0388. The third-order valence-electron chi connectivity index (χ3n) is 3.79. The summed E-state index contributed by atoms with van der Waals surface area (Å²) < 4.78 is 4.42. The van der Waals surface area contributed by atoms with Crippen molar-refractivity contribution in [3.8, 4) is 0 Å². The molecule has 1 fully saturated rings. The molecule has 0 spiro atoms. The van der Waals surface area contributed by atoms with E-state index in [1.807, 2.05) is 0 Å². The molecule has 4 nitrogen and oxygen atoms in total. The van der Waals surface area contributed by atoms with E-state index in [2.05, 4.69) is 47.4 Å². The van der Waals surface area contributed by atoms with E-state index in [1.54, 1.807) is 0 Å². The number of hydrogen-bond acceptors (Lipinski definition) is 5. The van der Waals surface area contributed by atoms with Gasteiger partial charge in [0.2, 0.25) is 5.13 Å². The van der Waals surface area contributed by atoms with Crippen LogP contribution in [0, 0.1) is 0 Å². The first kappa shape index (κ1) is 14.7. The minimum atomic E-state index is 0.0388. The quantitative estimate of drug-likeness (QED) is 0.901. The van der Waals surface area contributed by atoms with Crippen LogP contribution in [-0.4, -0.2) is 40.4 Å². The first-order valence-corrected chi connectivity index (χ1v) is 8.02. The van der Waals surface area contributed by atoms with Crippen LogP contribution in [0.2, 0.25) is 0 Å². The highest BCUT2D eigenvalue weighted by molar-refractivity contribution is 7.09. The standard InChI is InChI=1S/C14H26N4S/c1-14(2,3)12-16-13(19-17-12)15-9-10-18(4)11-7-5-6-8-11/h11H,5-10H2,1-4H3,(H,15,16,17). The average Bonchev–Trinajstić information content (AvgIpc) is 2.99. The van der Waals surface area contributed by atoms with E-state index in [0.29, 0.717) is 0 Å². The summed E-state index contributed by atoms with van der Waals surface area (Å²) in [5.74, 6) is 0.934. The number of anilines is 1. The summed E-state index contributed by atoms with van der Waals surface area (Å²) in [5, 5.41) is 4.34. The number of nitrogens with zero attached hydrogens (tertiary/aromatic N) is 3. The van der Waals surface area contributed by atoms with Crippen LogP contribution in [0.1, 0.15) is 52.3 Å². The van der Waals surface area contributed by atoms with Crippen LogP contribution in [0.25, 0.3) is 0 Å². The Kier molecular flexibility index (Phi) is 4.79. The molecule has 1 heterocycles. The van der Waals surface area contributed by atoms with Gasteiger partial charge in [0.1, 0.15) is 5.82 Å². The fourth-order valence-corrected chi connectivity index (χ4v) is 3.25. The SMILES string of the molecule is CN(CCNc1nc(C(C)(C)C)ns1)C1CCCC1. The normalized spacial score (nSPS) is 17.3. The maximum Gasteiger partial charge on any atom is 0.202 e. The van der Waals surface area contributed by atoms with E-state index in [1.165, 1.54) is 37.2 Å². The van der Waals surface area contributed by atoms with Gasteiger partial charge < -0.3 is 10.2 Å². The van der Waals surface area contributed by atoms with Gasteiger partial charge in [-0.2, -0.15) is 4.37 Å². The lowest BCUT2D eigenvalue weighted by Crippen LogP contribution is -2.33. The minimum Gasteiger partial charge on any atom is -0.359 e. The van der Waals surface area contributed by atoms with Gasteiger partial charge >= 0.3 is 0 Å². The lowest BCUT2D eigenvalue weighted by molar-refractivity contribution is 0.254. The Labute approximate surface area is 120 Å². The first-order chi connectivity index (χ1) is 8.97. The molecular weight excluding hydrogens is 256 g/mol. The highest BCUT2D eigenvalue weighted by Crippen LogP contribution is 2.23. The molecule has 19 heavy (non-hydrogen) atoms. The summed E-state index contributed by atoms with van der Waals surface area (Å²) in [6.07, 6.45) is 5.52. The van der Waals surface area contributed by atoms with Crippen LogP contribution in [0.3, 0.4) is 0 Å². The molecule has 0 bridgehead atoms. The van der Waals surface area contributed by atoms with E-state index in [-0.39, 0.29) is 5.41 Å². The highest BCUT2D eigenvalue weighted by Gasteiger charge is 2.20. The van der Waals surface area contributed by atoms with Crippen molar-refractivity contribution in [2.45, 2.75) is 57.9 Å². The molecule has 0 atom stereocenters. The largest absolute Gasteiger partial charge is 0.359 e. The Morgan fingerprint density at radius 3 is 2.58 bits per heavy atom. The molecule has 0 radical (unpaired) electrons. The summed E-state index contributed by atoms with van der Waals surface area (Å²) in [6, 6.07) is 0.793. The van der Waals surface area contributed by atoms with Crippen molar-refractivity contribution in [1.82, 2.24) is 14.3 Å². The van der Waals surface area contributed by atoms with Crippen LogP contribution in [0.15, 0.2) is 0 Å². The fourth-order valence-electron chi connectivity index (χ4n) is 2.47. The van der Waals surface area contributed by atoms with Crippen LogP contribution >= 0.6 is 11.5 Å². The van der Waals surface area contributed by atoms with Crippen molar-refractivity contribution in [3.05, 3.63) is 5.82 Å². The predicted octanol–water partition coefficient (Wildman–Crippen LogP) is 3.12. The summed E-state index contributed by atoms with van der Waals surface area (Å²) in [7, 11) is 2.23. The maximum absolute atomic E-state index is 4.55. The van der Waals surface area contributed by atoms with Gasteiger partial charge in [0, 0.05) is 36.1 Å². The average molecular weight is 282 g/mol. The molecule has 1 aliphatic rings.